The van der Waals surface area contributed by atoms with Crippen molar-refractivity contribution in [1.82, 2.24) is 14.8 Å². The lowest BCUT2D eigenvalue weighted by molar-refractivity contribution is -0.126. The lowest BCUT2D eigenvalue weighted by Gasteiger charge is -2.41. The number of amides is 2. The minimum Gasteiger partial charge on any atom is -0.371 e. The number of likely N-dealkylation sites (N-methyl/N-ethyl adjacent to an activating group) is 1. The van der Waals surface area contributed by atoms with Gasteiger partial charge in [0.15, 0.2) is 0 Å². The molecule has 0 saturated carbocycles. The Labute approximate surface area is 152 Å². The van der Waals surface area contributed by atoms with Gasteiger partial charge in [-0.1, -0.05) is 6.07 Å². The SMILES string of the molecule is CNC(=O)C1(Nc2cccc(F)c2)CCN(C(=O)c2cccn2C)CC1. The molecule has 2 heterocycles. The molecule has 0 bridgehead atoms. The van der Waals surface area contributed by atoms with Crippen LogP contribution in [0.15, 0.2) is 42.6 Å². The van der Waals surface area contributed by atoms with Crippen LogP contribution in [-0.4, -0.2) is 47.0 Å². The van der Waals surface area contributed by atoms with Crippen LogP contribution in [0.25, 0.3) is 0 Å². The molecule has 7 heteroatoms. The third-order valence-corrected chi connectivity index (χ3v) is 4.94. The zero-order valence-corrected chi connectivity index (χ0v) is 15.0. The van der Waals surface area contributed by atoms with Crippen LogP contribution in [0.3, 0.4) is 0 Å². The van der Waals surface area contributed by atoms with E-state index in [0.29, 0.717) is 37.3 Å². The molecule has 3 rings (SSSR count). The second-order valence-electron chi connectivity index (χ2n) is 6.59. The number of aromatic nitrogens is 1. The number of nitrogens with zero attached hydrogens (tertiary/aromatic N) is 2. The fraction of sp³-hybridized carbons (Fsp3) is 0.368. The number of aryl methyl sites for hydroxylation is 1. The van der Waals surface area contributed by atoms with Gasteiger partial charge in [-0.2, -0.15) is 0 Å². The maximum absolute atomic E-state index is 13.5. The second kappa shape index (κ2) is 7.19. The summed E-state index contributed by atoms with van der Waals surface area (Å²) in [6, 6.07) is 9.68. The minimum absolute atomic E-state index is 0.0474. The number of benzene rings is 1. The van der Waals surface area contributed by atoms with Gasteiger partial charge in [-0.3, -0.25) is 9.59 Å². The number of rotatable bonds is 4. The van der Waals surface area contributed by atoms with Gasteiger partial charge in [0.25, 0.3) is 5.91 Å². The van der Waals surface area contributed by atoms with Crippen molar-refractivity contribution in [3.63, 3.8) is 0 Å². The van der Waals surface area contributed by atoms with Gasteiger partial charge in [-0.05, 0) is 43.2 Å². The molecular weight excluding hydrogens is 335 g/mol. The molecule has 138 valence electrons. The lowest BCUT2D eigenvalue weighted by atomic mass is 9.85. The third kappa shape index (κ3) is 3.42. The highest BCUT2D eigenvalue weighted by molar-refractivity contribution is 5.94. The molecule has 2 N–H and O–H groups in total. The summed E-state index contributed by atoms with van der Waals surface area (Å²) < 4.78 is 15.3. The maximum atomic E-state index is 13.5. The number of hydrogen-bond acceptors (Lipinski definition) is 3. The van der Waals surface area contributed by atoms with Crippen molar-refractivity contribution in [2.45, 2.75) is 18.4 Å². The van der Waals surface area contributed by atoms with E-state index in [2.05, 4.69) is 10.6 Å². The van der Waals surface area contributed by atoms with Gasteiger partial charge in [0.1, 0.15) is 17.1 Å². The highest BCUT2D eigenvalue weighted by Gasteiger charge is 2.42. The van der Waals surface area contributed by atoms with Crippen LogP contribution in [0.2, 0.25) is 0 Å². The summed E-state index contributed by atoms with van der Waals surface area (Å²) in [6.07, 6.45) is 2.72. The summed E-state index contributed by atoms with van der Waals surface area (Å²) in [5.74, 6) is -0.570. The van der Waals surface area contributed by atoms with Crippen molar-refractivity contribution in [3.05, 3.63) is 54.1 Å². The van der Waals surface area contributed by atoms with E-state index in [1.54, 1.807) is 34.7 Å². The number of nitrogens with one attached hydrogen (secondary N) is 2. The Balaban J connectivity index is 1.76. The average molecular weight is 358 g/mol. The molecule has 0 unspecified atom stereocenters. The van der Waals surface area contributed by atoms with Gasteiger partial charge in [0.05, 0.1) is 0 Å². The topological polar surface area (TPSA) is 66.4 Å². The Kier molecular flexibility index (Phi) is 4.97. The summed E-state index contributed by atoms with van der Waals surface area (Å²) in [5, 5.41) is 5.88. The summed E-state index contributed by atoms with van der Waals surface area (Å²) in [4.78, 5) is 27.0. The molecule has 0 radical (unpaired) electrons. The summed E-state index contributed by atoms with van der Waals surface area (Å²) in [5.41, 5.74) is 0.305. The first-order valence-electron chi connectivity index (χ1n) is 8.62. The van der Waals surface area contributed by atoms with Crippen molar-refractivity contribution in [2.75, 3.05) is 25.5 Å². The molecule has 0 spiro atoms. The number of piperidine rings is 1. The number of carbonyl (C=O) groups excluding carboxylic acids is 2. The van der Waals surface area contributed by atoms with Crippen LogP contribution in [-0.2, 0) is 11.8 Å². The first kappa shape index (κ1) is 18.0. The molecule has 2 aromatic rings. The van der Waals surface area contributed by atoms with Gasteiger partial charge in [-0.15, -0.1) is 0 Å². The monoisotopic (exact) mass is 358 g/mol. The van der Waals surface area contributed by atoms with Crippen LogP contribution < -0.4 is 10.6 Å². The summed E-state index contributed by atoms with van der Waals surface area (Å²) in [7, 11) is 3.41. The van der Waals surface area contributed by atoms with E-state index in [0.717, 1.165) is 0 Å². The van der Waals surface area contributed by atoms with E-state index in [1.165, 1.54) is 12.1 Å². The zero-order valence-electron chi connectivity index (χ0n) is 15.0. The minimum atomic E-state index is -0.868. The standard InChI is InChI=1S/C19H23FN4O2/c1-21-18(26)19(22-15-6-3-5-14(20)13-15)8-11-24(12-9-19)17(25)16-7-4-10-23(16)2/h3-7,10,13,22H,8-9,11-12H2,1-2H3,(H,21,26). The highest BCUT2D eigenvalue weighted by atomic mass is 19.1. The maximum Gasteiger partial charge on any atom is 0.270 e. The molecule has 1 aliphatic rings. The van der Waals surface area contributed by atoms with Gasteiger partial charge in [0.2, 0.25) is 5.91 Å². The Bertz CT molecular complexity index is 809. The molecule has 1 fully saturated rings. The number of anilines is 1. The fourth-order valence-electron chi connectivity index (χ4n) is 3.43. The smallest absolute Gasteiger partial charge is 0.270 e. The zero-order chi connectivity index (χ0) is 18.7. The van der Waals surface area contributed by atoms with Gasteiger partial charge in [-0.25, -0.2) is 4.39 Å². The average Bonchev–Trinajstić information content (AvgIpc) is 3.07. The Morgan fingerprint density at radius 2 is 1.88 bits per heavy atom. The van der Waals surface area contributed by atoms with E-state index >= 15 is 0 Å². The fourth-order valence-corrected chi connectivity index (χ4v) is 3.43. The van der Waals surface area contributed by atoms with Gasteiger partial charge >= 0.3 is 0 Å². The van der Waals surface area contributed by atoms with Crippen molar-refractivity contribution in [2.24, 2.45) is 7.05 Å². The highest BCUT2D eigenvalue weighted by Crippen LogP contribution is 2.28. The van der Waals surface area contributed by atoms with Crippen molar-refractivity contribution >= 4 is 17.5 Å². The molecular formula is C19H23FN4O2. The first-order chi connectivity index (χ1) is 12.4. The summed E-state index contributed by atoms with van der Waals surface area (Å²) in [6.45, 7) is 0.888. The van der Waals surface area contributed by atoms with E-state index < -0.39 is 5.54 Å². The number of halogens is 1. The normalized spacial score (nSPS) is 16.2. The molecule has 2 amide bonds. The molecule has 1 saturated heterocycles. The molecule has 6 nitrogen and oxygen atoms in total. The first-order valence-corrected chi connectivity index (χ1v) is 8.62. The number of carbonyl (C=O) groups is 2. The van der Waals surface area contributed by atoms with Crippen molar-refractivity contribution in [3.8, 4) is 0 Å². The summed E-state index contributed by atoms with van der Waals surface area (Å²) >= 11 is 0. The van der Waals surface area contributed by atoms with E-state index in [1.807, 2.05) is 19.3 Å². The van der Waals surface area contributed by atoms with E-state index in [4.69, 9.17) is 0 Å². The predicted octanol–water partition coefficient (Wildman–Crippen LogP) is 2.00. The second-order valence-corrected chi connectivity index (χ2v) is 6.59. The van der Waals surface area contributed by atoms with Crippen molar-refractivity contribution in [1.29, 1.82) is 0 Å². The van der Waals surface area contributed by atoms with E-state index in [-0.39, 0.29) is 17.6 Å². The molecule has 1 aromatic carbocycles. The third-order valence-electron chi connectivity index (χ3n) is 4.94. The quantitative estimate of drug-likeness (QED) is 0.879. The number of likely N-dealkylation sites (tertiary alicyclic amines) is 1. The van der Waals surface area contributed by atoms with E-state index in [9.17, 15) is 14.0 Å². The van der Waals surface area contributed by atoms with Crippen LogP contribution in [0, 0.1) is 5.82 Å². The molecule has 1 aromatic heterocycles. The van der Waals surface area contributed by atoms with Crippen LogP contribution in [0.4, 0.5) is 10.1 Å². The van der Waals surface area contributed by atoms with Crippen LogP contribution in [0.1, 0.15) is 23.3 Å². The molecule has 26 heavy (non-hydrogen) atoms. The molecule has 1 aliphatic heterocycles. The molecule has 0 atom stereocenters. The molecule has 0 aliphatic carbocycles. The Morgan fingerprint density at radius 3 is 2.46 bits per heavy atom. The van der Waals surface area contributed by atoms with Crippen molar-refractivity contribution < 1.29 is 14.0 Å². The van der Waals surface area contributed by atoms with Gasteiger partial charge in [0, 0.05) is 39.1 Å². The van der Waals surface area contributed by atoms with Crippen LogP contribution >= 0.6 is 0 Å². The lowest BCUT2D eigenvalue weighted by Crippen LogP contribution is -2.58. The Morgan fingerprint density at radius 1 is 1.15 bits per heavy atom. The largest absolute Gasteiger partial charge is 0.371 e. The number of hydrogen-bond donors (Lipinski definition) is 2. The Hall–Kier alpha value is -2.83. The van der Waals surface area contributed by atoms with Gasteiger partial charge < -0.3 is 20.1 Å². The predicted molar refractivity (Wildman–Crippen MR) is 97.4 cm³/mol. The van der Waals surface area contributed by atoms with Crippen LogP contribution in [0.5, 0.6) is 0 Å².